The fourth-order valence-corrected chi connectivity index (χ4v) is 3.54. The number of furan rings is 1. The van der Waals surface area contributed by atoms with Gasteiger partial charge in [0.25, 0.3) is 5.91 Å². The van der Waals surface area contributed by atoms with E-state index < -0.39 is 15.7 Å². The predicted molar refractivity (Wildman–Crippen MR) is 67.5 cm³/mol. The summed E-state index contributed by atoms with van der Waals surface area (Å²) in [7, 11) is -3.04. The molecule has 104 valence electrons. The Morgan fingerprint density at radius 2 is 2.11 bits per heavy atom. The van der Waals surface area contributed by atoms with Gasteiger partial charge in [-0.25, -0.2) is 8.42 Å². The van der Waals surface area contributed by atoms with Crippen LogP contribution >= 0.6 is 0 Å². The van der Waals surface area contributed by atoms with Crippen molar-refractivity contribution in [1.82, 2.24) is 5.32 Å². The summed E-state index contributed by atoms with van der Waals surface area (Å²) >= 11 is 0. The molecule has 1 unspecified atom stereocenters. The normalized spacial score (nSPS) is 21.0. The van der Waals surface area contributed by atoms with E-state index in [0.29, 0.717) is 6.42 Å². The first-order chi connectivity index (χ1) is 8.85. The van der Waals surface area contributed by atoms with Crippen molar-refractivity contribution in [2.24, 2.45) is 0 Å². The van der Waals surface area contributed by atoms with Crippen LogP contribution in [-0.4, -0.2) is 37.8 Å². The maximum absolute atomic E-state index is 11.8. The zero-order chi connectivity index (χ0) is 14.0. The molecule has 1 aliphatic heterocycles. The first kappa shape index (κ1) is 13.6. The van der Waals surface area contributed by atoms with Gasteiger partial charge in [0, 0.05) is 19.0 Å². The van der Waals surface area contributed by atoms with Crippen LogP contribution in [0.1, 0.15) is 23.9 Å². The lowest BCUT2D eigenvalue weighted by Crippen LogP contribution is -2.35. The van der Waals surface area contributed by atoms with Crippen LogP contribution in [0.2, 0.25) is 0 Å². The van der Waals surface area contributed by atoms with Gasteiger partial charge in [-0.3, -0.25) is 14.9 Å². The molecule has 0 spiro atoms. The SMILES string of the molecule is CC(=O)Nc1ccc(C(=O)NC2CCS(=O)(=O)C2)o1. The molecule has 1 aromatic heterocycles. The molecule has 0 aliphatic carbocycles. The fourth-order valence-electron chi connectivity index (χ4n) is 1.87. The largest absolute Gasteiger partial charge is 0.435 e. The molecular formula is C11H14N2O5S. The number of carbonyl (C=O) groups excluding carboxylic acids is 2. The Balaban J connectivity index is 1.97. The highest BCUT2D eigenvalue weighted by atomic mass is 32.2. The van der Waals surface area contributed by atoms with Crippen LogP contribution in [0.5, 0.6) is 0 Å². The molecule has 1 aliphatic rings. The highest BCUT2D eigenvalue weighted by Gasteiger charge is 2.29. The zero-order valence-corrected chi connectivity index (χ0v) is 11.1. The molecule has 2 amide bonds. The predicted octanol–water partition coefficient (Wildman–Crippen LogP) is 0.155. The minimum atomic E-state index is -3.04. The maximum atomic E-state index is 11.8. The molecule has 0 saturated carbocycles. The lowest BCUT2D eigenvalue weighted by Gasteiger charge is -2.08. The lowest BCUT2D eigenvalue weighted by atomic mass is 10.2. The summed E-state index contributed by atoms with van der Waals surface area (Å²) in [6.07, 6.45) is 0.410. The van der Waals surface area contributed by atoms with Crippen LogP contribution < -0.4 is 10.6 Å². The third-order valence-electron chi connectivity index (χ3n) is 2.70. The quantitative estimate of drug-likeness (QED) is 0.823. The van der Waals surface area contributed by atoms with E-state index in [1.165, 1.54) is 19.1 Å². The van der Waals surface area contributed by atoms with Crippen molar-refractivity contribution < 1.29 is 22.4 Å². The van der Waals surface area contributed by atoms with Crippen molar-refractivity contribution in [1.29, 1.82) is 0 Å². The highest BCUT2D eigenvalue weighted by Crippen LogP contribution is 2.15. The van der Waals surface area contributed by atoms with Crippen molar-refractivity contribution in [3.05, 3.63) is 17.9 Å². The molecule has 1 aromatic rings. The van der Waals surface area contributed by atoms with Crippen molar-refractivity contribution in [2.45, 2.75) is 19.4 Å². The summed E-state index contributed by atoms with van der Waals surface area (Å²) in [5.41, 5.74) is 0. The molecule has 0 radical (unpaired) electrons. The van der Waals surface area contributed by atoms with E-state index in [4.69, 9.17) is 4.42 Å². The van der Waals surface area contributed by atoms with Crippen LogP contribution in [0.4, 0.5) is 5.88 Å². The van der Waals surface area contributed by atoms with Crippen LogP contribution in [-0.2, 0) is 14.6 Å². The van der Waals surface area contributed by atoms with Gasteiger partial charge in [0.2, 0.25) is 5.91 Å². The average Bonchev–Trinajstić information content (AvgIpc) is 2.85. The van der Waals surface area contributed by atoms with Crippen molar-refractivity contribution >= 4 is 27.5 Å². The molecule has 0 aromatic carbocycles. The van der Waals surface area contributed by atoms with E-state index >= 15 is 0 Å². The van der Waals surface area contributed by atoms with Gasteiger partial charge in [-0.15, -0.1) is 0 Å². The van der Waals surface area contributed by atoms with Gasteiger partial charge in [-0.2, -0.15) is 0 Å². The van der Waals surface area contributed by atoms with Crippen LogP contribution in [0.3, 0.4) is 0 Å². The van der Waals surface area contributed by atoms with Gasteiger partial charge in [0.1, 0.15) is 0 Å². The molecule has 2 N–H and O–H groups in total. The van der Waals surface area contributed by atoms with Crippen molar-refractivity contribution in [3.63, 3.8) is 0 Å². The number of hydrogen-bond acceptors (Lipinski definition) is 5. The summed E-state index contributed by atoms with van der Waals surface area (Å²) in [6, 6.07) is 2.50. The molecule has 7 nitrogen and oxygen atoms in total. The smallest absolute Gasteiger partial charge is 0.287 e. The second-order valence-electron chi connectivity index (χ2n) is 4.42. The highest BCUT2D eigenvalue weighted by molar-refractivity contribution is 7.91. The molecule has 8 heteroatoms. The second-order valence-corrected chi connectivity index (χ2v) is 6.65. The summed E-state index contributed by atoms with van der Waals surface area (Å²) in [5, 5.41) is 5.00. The van der Waals surface area contributed by atoms with Crippen LogP contribution in [0, 0.1) is 0 Å². The van der Waals surface area contributed by atoms with Gasteiger partial charge in [-0.05, 0) is 12.5 Å². The number of rotatable bonds is 3. The van der Waals surface area contributed by atoms with Gasteiger partial charge in [0.05, 0.1) is 11.5 Å². The Morgan fingerprint density at radius 3 is 2.68 bits per heavy atom. The molecular weight excluding hydrogens is 272 g/mol. The Morgan fingerprint density at radius 1 is 1.37 bits per heavy atom. The van der Waals surface area contributed by atoms with E-state index in [0.717, 1.165) is 0 Å². The second kappa shape index (κ2) is 5.04. The number of sulfone groups is 1. The molecule has 1 fully saturated rings. The summed E-state index contributed by atoms with van der Waals surface area (Å²) in [5.74, 6) is -0.530. The number of anilines is 1. The Kier molecular flexibility index (Phi) is 3.61. The third kappa shape index (κ3) is 3.57. The van der Waals surface area contributed by atoms with Crippen LogP contribution in [0.25, 0.3) is 0 Å². The van der Waals surface area contributed by atoms with Gasteiger partial charge in [-0.1, -0.05) is 0 Å². The Bertz CT molecular complexity index is 604. The topological polar surface area (TPSA) is 105 Å². The van der Waals surface area contributed by atoms with Crippen molar-refractivity contribution in [2.75, 3.05) is 16.8 Å². The van der Waals surface area contributed by atoms with E-state index in [1.807, 2.05) is 0 Å². The summed E-state index contributed by atoms with van der Waals surface area (Å²) < 4.78 is 27.6. The van der Waals surface area contributed by atoms with Gasteiger partial charge < -0.3 is 9.73 Å². The minimum Gasteiger partial charge on any atom is -0.435 e. The molecule has 1 saturated heterocycles. The lowest BCUT2D eigenvalue weighted by molar-refractivity contribution is -0.114. The molecule has 0 bridgehead atoms. The molecule has 19 heavy (non-hydrogen) atoms. The van der Waals surface area contributed by atoms with Gasteiger partial charge in [0.15, 0.2) is 21.5 Å². The Hall–Kier alpha value is -1.83. The Labute approximate surface area is 110 Å². The van der Waals surface area contributed by atoms with Gasteiger partial charge >= 0.3 is 0 Å². The first-order valence-corrected chi connectivity index (χ1v) is 7.56. The summed E-state index contributed by atoms with van der Waals surface area (Å²) in [4.78, 5) is 22.6. The van der Waals surface area contributed by atoms with E-state index in [2.05, 4.69) is 10.6 Å². The number of amides is 2. The molecule has 2 rings (SSSR count). The van der Waals surface area contributed by atoms with Crippen LogP contribution in [0.15, 0.2) is 16.5 Å². The third-order valence-corrected chi connectivity index (χ3v) is 4.46. The molecule has 2 heterocycles. The van der Waals surface area contributed by atoms with E-state index in [-0.39, 0.29) is 35.1 Å². The number of hydrogen-bond donors (Lipinski definition) is 2. The monoisotopic (exact) mass is 286 g/mol. The first-order valence-electron chi connectivity index (χ1n) is 5.74. The number of nitrogens with one attached hydrogen (secondary N) is 2. The average molecular weight is 286 g/mol. The summed E-state index contributed by atoms with van der Waals surface area (Å²) in [6.45, 7) is 1.33. The number of carbonyl (C=O) groups is 2. The van der Waals surface area contributed by atoms with Crippen molar-refractivity contribution in [3.8, 4) is 0 Å². The van der Waals surface area contributed by atoms with E-state index in [1.54, 1.807) is 0 Å². The fraction of sp³-hybridized carbons (Fsp3) is 0.455. The zero-order valence-electron chi connectivity index (χ0n) is 10.3. The van der Waals surface area contributed by atoms with E-state index in [9.17, 15) is 18.0 Å². The standard InChI is InChI=1S/C11H14N2O5S/c1-7(14)12-10-3-2-9(18-10)11(15)13-8-4-5-19(16,17)6-8/h2-3,8H,4-6H2,1H3,(H,12,14)(H,13,15). The minimum absolute atomic E-state index is 0.0352. The molecule has 1 atom stereocenters. The maximum Gasteiger partial charge on any atom is 0.287 e.